The number of fused-ring (bicyclic) bond motifs is 2. The molecule has 6 nitrogen and oxygen atoms in total. The van der Waals surface area contributed by atoms with E-state index in [2.05, 4.69) is 30.0 Å². The van der Waals surface area contributed by atoms with Gasteiger partial charge in [-0.25, -0.2) is 0 Å². The number of nitrogens with zero attached hydrogens (tertiary/aromatic N) is 1. The Bertz CT molecular complexity index is 511. The third-order valence-electron chi connectivity index (χ3n) is 4.98. The van der Waals surface area contributed by atoms with Crippen molar-refractivity contribution in [2.45, 2.75) is 33.1 Å². The quantitative estimate of drug-likeness (QED) is 0.536. The number of methoxy groups -OCH3 is 1. The molecule has 0 radical (unpaired) electrons. The molecule has 1 fully saturated rings. The molecule has 0 heterocycles. The van der Waals surface area contributed by atoms with E-state index in [1.54, 1.807) is 0 Å². The van der Waals surface area contributed by atoms with Gasteiger partial charge in [-0.15, -0.1) is 0 Å². The molecule has 0 aromatic heterocycles. The number of hydrogen-bond acceptors (Lipinski definition) is 4. The first kappa shape index (κ1) is 18.5. The van der Waals surface area contributed by atoms with Crippen LogP contribution in [0.5, 0.6) is 0 Å². The number of allylic oxidation sites excluding steroid dienone is 2. The molecular weight excluding hydrogens is 308 g/mol. The van der Waals surface area contributed by atoms with Crippen LogP contribution in [0, 0.1) is 23.7 Å². The Hall–Kier alpha value is -1.85. The molecule has 2 rings (SSSR count). The van der Waals surface area contributed by atoms with Gasteiger partial charge in [-0.1, -0.05) is 26.0 Å². The molecule has 1 N–H and O–H groups in total. The van der Waals surface area contributed by atoms with Crippen molar-refractivity contribution in [2.75, 3.05) is 26.7 Å². The zero-order valence-corrected chi connectivity index (χ0v) is 14.8. The van der Waals surface area contributed by atoms with E-state index in [1.165, 1.54) is 7.11 Å². The van der Waals surface area contributed by atoms with E-state index in [0.717, 1.165) is 32.4 Å². The molecule has 0 aliphatic heterocycles. The first-order chi connectivity index (χ1) is 11.5. The summed E-state index contributed by atoms with van der Waals surface area (Å²) in [6.07, 6.45) is 6.77. The van der Waals surface area contributed by atoms with Crippen LogP contribution in [0.4, 0.5) is 0 Å². The average molecular weight is 336 g/mol. The van der Waals surface area contributed by atoms with E-state index >= 15 is 0 Å². The van der Waals surface area contributed by atoms with Gasteiger partial charge in [0.1, 0.15) is 6.54 Å². The minimum Gasteiger partial charge on any atom is -0.468 e. The third kappa shape index (κ3) is 3.79. The fraction of sp³-hybridized carbons (Fsp3) is 0.722. The molecule has 2 aliphatic carbocycles. The highest BCUT2D eigenvalue weighted by Gasteiger charge is 2.52. The minimum absolute atomic E-state index is 0.0776. The van der Waals surface area contributed by atoms with E-state index in [4.69, 9.17) is 0 Å². The van der Waals surface area contributed by atoms with Crippen molar-refractivity contribution in [2.24, 2.45) is 23.7 Å². The minimum atomic E-state index is -0.483. The molecule has 0 unspecified atom stereocenters. The zero-order valence-electron chi connectivity index (χ0n) is 14.8. The van der Waals surface area contributed by atoms with Gasteiger partial charge in [0.25, 0.3) is 0 Å². The van der Waals surface area contributed by atoms with Gasteiger partial charge < -0.3 is 15.0 Å². The van der Waals surface area contributed by atoms with E-state index in [1.807, 2.05) is 11.0 Å². The van der Waals surface area contributed by atoms with Crippen LogP contribution in [-0.2, 0) is 19.1 Å². The van der Waals surface area contributed by atoms with Gasteiger partial charge >= 0.3 is 5.97 Å². The lowest BCUT2D eigenvalue weighted by atomic mass is 9.81. The second-order valence-electron chi connectivity index (χ2n) is 6.62. The van der Waals surface area contributed by atoms with Crippen molar-refractivity contribution in [1.82, 2.24) is 10.2 Å². The molecule has 1 saturated carbocycles. The lowest BCUT2D eigenvalue weighted by molar-refractivity contribution is -0.144. The van der Waals surface area contributed by atoms with E-state index in [0.29, 0.717) is 0 Å². The number of ether oxygens (including phenoxy) is 1. The Morgan fingerprint density at radius 1 is 1.08 bits per heavy atom. The predicted molar refractivity (Wildman–Crippen MR) is 89.9 cm³/mol. The predicted octanol–water partition coefficient (Wildman–Crippen LogP) is 1.36. The summed E-state index contributed by atoms with van der Waals surface area (Å²) < 4.78 is 4.56. The molecule has 0 aromatic rings. The second-order valence-corrected chi connectivity index (χ2v) is 6.62. The molecule has 0 spiro atoms. The Labute approximate surface area is 143 Å². The average Bonchev–Trinajstić information content (AvgIpc) is 3.19. The number of esters is 1. The van der Waals surface area contributed by atoms with Gasteiger partial charge in [-0.3, -0.25) is 14.4 Å². The number of hydrogen-bond donors (Lipinski definition) is 1. The van der Waals surface area contributed by atoms with Crippen molar-refractivity contribution in [3.8, 4) is 0 Å². The Morgan fingerprint density at radius 3 is 2.21 bits per heavy atom. The van der Waals surface area contributed by atoms with Gasteiger partial charge in [-0.2, -0.15) is 0 Å². The van der Waals surface area contributed by atoms with Crippen LogP contribution in [0.3, 0.4) is 0 Å². The maximum atomic E-state index is 13.0. The Morgan fingerprint density at radius 2 is 1.67 bits per heavy atom. The number of carbonyl (C=O) groups is 3. The zero-order chi connectivity index (χ0) is 17.7. The SMILES string of the molecule is CCCN(CCC)C(=O)[C@@H]1[C@@H](C(=O)NCC(=O)OC)[C@H]2C=C[C@H]1C2. The highest BCUT2D eigenvalue weighted by molar-refractivity contribution is 5.91. The van der Waals surface area contributed by atoms with Gasteiger partial charge in [0.15, 0.2) is 0 Å². The highest BCUT2D eigenvalue weighted by atomic mass is 16.5. The molecule has 24 heavy (non-hydrogen) atoms. The molecule has 2 bridgehead atoms. The van der Waals surface area contributed by atoms with Crippen LogP contribution in [-0.4, -0.2) is 49.4 Å². The summed E-state index contributed by atoms with van der Waals surface area (Å²) in [5, 5.41) is 2.63. The summed E-state index contributed by atoms with van der Waals surface area (Å²) in [4.78, 5) is 38.8. The number of nitrogens with one attached hydrogen (secondary N) is 1. The molecule has 0 aromatic carbocycles. The number of carbonyl (C=O) groups excluding carboxylic acids is 3. The van der Waals surface area contributed by atoms with E-state index in [9.17, 15) is 14.4 Å². The number of rotatable bonds is 8. The highest BCUT2D eigenvalue weighted by Crippen LogP contribution is 2.48. The fourth-order valence-corrected chi connectivity index (χ4v) is 3.95. The van der Waals surface area contributed by atoms with Gasteiger partial charge in [0, 0.05) is 13.1 Å². The van der Waals surface area contributed by atoms with E-state index in [-0.39, 0.29) is 42.0 Å². The first-order valence-corrected chi connectivity index (χ1v) is 8.85. The van der Waals surface area contributed by atoms with Gasteiger partial charge in [0.05, 0.1) is 18.9 Å². The molecule has 0 saturated heterocycles. The molecule has 6 heteroatoms. The summed E-state index contributed by atoms with van der Waals surface area (Å²) in [6, 6.07) is 0. The van der Waals surface area contributed by atoms with Crippen molar-refractivity contribution < 1.29 is 19.1 Å². The maximum absolute atomic E-state index is 13.0. The second kappa shape index (κ2) is 8.31. The van der Waals surface area contributed by atoms with Crippen molar-refractivity contribution >= 4 is 17.8 Å². The van der Waals surface area contributed by atoms with Crippen LogP contribution in [0.1, 0.15) is 33.1 Å². The Kier molecular flexibility index (Phi) is 6.40. The summed E-state index contributed by atoms with van der Waals surface area (Å²) in [5.41, 5.74) is 0. The van der Waals surface area contributed by atoms with Crippen molar-refractivity contribution in [3.05, 3.63) is 12.2 Å². The topological polar surface area (TPSA) is 75.7 Å². The van der Waals surface area contributed by atoms with E-state index < -0.39 is 5.97 Å². The summed E-state index contributed by atoms with van der Waals surface area (Å²) in [6.45, 7) is 5.40. The molecule has 2 amide bonds. The van der Waals surface area contributed by atoms with Crippen LogP contribution >= 0.6 is 0 Å². The van der Waals surface area contributed by atoms with Crippen LogP contribution < -0.4 is 5.32 Å². The van der Waals surface area contributed by atoms with Gasteiger partial charge in [-0.05, 0) is 31.1 Å². The van der Waals surface area contributed by atoms with Crippen LogP contribution in [0.25, 0.3) is 0 Å². The van der Waals surface area contributed by atoms with Crippen molar-refractivity contribution in [1.29, 1.82) is 0 Å². The lowest BCUT2D eigenvalue weighted by Gasteiger charge is -2.31. The van der Waals surface area contributed by atoms with Gasteiger partial charge in [0.2, 0.25) is 11.8 Å². The monoisotopic (exact) mass is 336 g/mol. The molecule has 2 aliphatic rings. The summed E-state index contributed by atoms with van der Waals surface area (Å²) in [7, 11) is 1.29. The normalized spacial score (nSPS) is 27.1. The lowest BCUT2D eigenvalue weighted by Crippen LogP contribution is -2.47. The summed E-state index contributed by atoms with van der Waals surface area (Å²) >= 11 is 0. The smallest absolute Gasteiger partial charge is 0.325 e. The largest absolute Gasteiger partial charge is 0.468 e. The number of amides is 2. The van der Waals surface area contributed by atoms with Crippen molar-refractivity contribution in [3.63, 3.8) is 0 Å². The molecule has 134 valence electrons. The van der Waals surface area contributed by atoms with Crippen LogP contribution in [0.15, 0.2) is 12.2 Å². The Balaban J connectivity index is 2.11. The molecular formula is C18H28N2O4. The van der Waals surface area contributed by atoms with Crippen LogP contribution in [0.2, 0.25) is 0 Å². The fourth-order valence-electron chi connectivity index (χ4n) is 3.95. The maximum Gasteiger partial charge on any atom is 0.325 e. The first-order valence-electron chi connectivity index (χ1n) is 8.85. The molecule has 4 atom stereocenters. The third-order valence-corrected chi connectivity index (χ3v) is 4.98. The summed E-state index contributed by atoms with van der Waals surface area (Å²) in [5.74, 6) is -1.09. The standard InChI is InChI=1S/C18H28N2O4/c1-4-8-20(9-5-2)18(23)16-13-7-6-12(10-13)15(16)17(22)19-11-14(21)24-3/h6-7,12-13,15-16H,4-5,8-11H2,1-3H3,(H,19,22)/t12-,13-,15-,16-/m0/s1.